The Labute approximate surface area is 93.2 Å². The first-order valence-electron chi connectivity index (χ1n) is 5.64. The van der Waals surface area contributed by atoms with Crippen LogP contribution in [0.5, 0.6) is 0 Å². The zero-order valence-corrected chi connectivity index (χ0v) is 11.1. The van der Waals surface area contributed by atoms with Crippen molar-refractivity contribution >= 4 is 8.80 Å². The second-order valence-corrected chi connectivity index (χ2v) is 6.39. The third-order valence-corrected chi connectivity index (χ3v) is 4.97. The second kappa shape index (κ2) is 5.96. The van der Waals surface area contributed by atoms with Crippen LogP contribution in [0, 0.1) is 5.92 Å². The average Bonchev–Trinajstić information content (AvgIpc) is 1.99. The lowest BCUT2D eigenvalue weighted by atomic mass is 10.0. The smallest absolute Gasteiger partial charge is 0.380 e. The third-order valence-electron chi connectivity index (χ3n) is 2.54. The normalized spacial score (nSPS) is 20.0. The Morgan fingerprint density at radius 3 is 2.13 bits per heavy atom. The summed E-state index contributed by atoms with van der Waals surface area (Å²) in [4.78, 5) is 0. The Bertz CT molecular complexity index is 178. The molecule has 1 heterocycles. The summed E-state index contributed by atoms with van der Waals surface area (Å²) < 4.78 is 22.3. The first kappa shape index (κ1) is 13.1. The lowest BCUT2D eigenvalue weighted by molar-refractivity contribution is -0.0950. The summed E-state index contributed by atoms with van der Waals surface area (Å²) in [5.41, 5.74) is 0. The molecule has 1 fully saturated rings. The maximum absolute atomic E-state index is 5.94. The van der Waals surface area contributed by atoms with E-state index in [1.807, 2.05) is 20.4 Å². The maximum atomic E-state index is 5.94. The molecule has 90 valence electrons. The molecule has 0 amide bonds. The fourth-order valence-corrected chi connectivity index (χ4v) is 3.73. The zero-order chi connectivity index (χ0) is 11.3. The molecular weight excluding hydrogens is 212 g/mol. The van der Waals surface area contributed by atoms with E-state index in [-0.39, 0.29) is 6.10 Å². The molecule has 1 aliphatic heterocycles. The van der Waals surface area contributed by atoms with Crippen LogP contribution in [-0.4, -0.2) is 41.3 Å². The Hall–Kier alpha value is 0.0569. The summed E-state index contributed by atoms with van der Waals surface area (Å²) in [6.07, 6.45) is 0.161. The minimum atomic E-state index is -2.41. The van der Waals surface area contributed by atoms with Crippen molar-refractivity contribution in [2.24, 2.45) is 5.92 Å². The standard InChI is InChI=1S/C10H22O4Si/c1-5-12-15(4,13-6-2)14-9(3)10-7-11-8-10/h9-10H,5-8H2,1-4H3. The van der Waals surface area contributed by atoms with Crippen LogP contribution in [0.25, 0.3) is 0 Å². The summed E-state index contributed by atoms with van der Waals surface area (Å²) in [7, 11) is -2.41. The molecule has 1 atom stereocenters. The number of ether oxygens (including phenoxy) is 1. The molecule has 15 heavy (non-hydrogen) atoms. The van der Waals surface area contributed by atoms with Crippen molar-refractivity contribution in [1.29, 1.82) is 0 Å². The van der Waals surface area contributed by atoms with Gasteiger partial charge in [-0.2, -0.15) is 0 Å². The molecule has 4 nitrogen and oxygen atoms in total. The van der Waals surface area contributed by atoms with Crippen LogP contribution in [0.2, 0.25) is 6.55 Å². The molecular formula is C10H22O4Si. The highest BCUT2D eigenvalue weighted by atomic mass is 28.4. The Kier molecular flexibility index (Phi) is 5.21. The fourth-order valence-electron chi connectivity index (χ4n) is 1.59. The Balaban J connectivity index is 2.40. The van der Waals surface area contributed by atoms with E-state index >= 15 is 0 Å². The van der Waals surface area contributed by atoms with Crippen LogP contribution in [-0.2, 0) is 18.0 Å². The van der Waals surface area contributed by atoms with E-state index in [9.17, 15) is 0 Å². The van der Waals surface area contributed by atoms with E-state index in [4.69, 9.17) is 18.0 Å². The van der Waals surface area contributed by atoms with E-state index in [1.165, 1.54) is 0 Å². The largest absolute Gasteiger partial charge is 0.497 e. The van der Waals surface area contributed by atoms with Gasteiger partial charge in [-0.3, -0.25) is 0 Å². The van der Waals surface area contributed by atoms with Crippen molar-refractivity contribution in [1.82, 2.24) is 0 Å². The van der Waals surface area contributed by atoms with Crippen molar-refractivity contribution in [3.8, 4) is 0 Å². The molecule has 0 aliphatic carbocycles. The first-order chi connectivity index (χ1) is 7.11. The Morgan fingerprint density at radius 1 is 1.27 bits per heavy atom. The van der Waals surface area contributed by atoms with Gasteiger partial charge in [0.15, 0.2) is 0 Å². The summed E-state index contributed by atoms with van der Waals surface area (Å²) in [6.45, 7) is 10.8. The van der Waals surface area contributed by atoms with Crippen LogP contribution in [0.15, 0.2) is 0 Å². The van der Waals surface area contributed by atoms with Gasteiger partial charge in [0.2, 0.25) is 0 Å². The van der Waals surface area contributed by atoms with E-state index in [0.717, 1.165) is 13.2 Å². The monoisotopic (exact) mass is 234 g/mol. The van der Waals surface area contributed by atoms with Gasteiger partial charge >= 0.3 is 8.80 Å². The molecule has 0 saturated carbocycles. The lowest BCUT2D eigenvalue weighted by Gasteiger charge is -2.36. The molecule has 0 aromatic rings. The lowest BCUT2D eigenvalue weighted by Crippen LogP contribution is -2.49. The minimum Gasteiger partial charge on any atom is -0.380 e. The van der Waals surface area contributed by atoms with Crippen molar-refractivity contribution in [2.45, 2.75) is 33.4 Å². The van der Waals surface area contributed by atoms with Crippen LogP contribution in [0.1, 0.15) is 20.8 Å². The zero-order valence-electron chi connectivity index (χ0n) is 10.1. The summed E-state index contributed by atoms with van der Waals surface area (Å²) >= 11 is 0. The predicted molar refractivity (Wildman–Crippen MR) is 59.7 cm³/mol. The molecule has 0 aromatic heterocycles. The SMILES string of the molecule is CCO[Si](C)(OCC)OC(C)C1COC1. The second-order valence-electron chi connectivity index (χ2n) is 3.85. The van der Waals surface area contributed by atoms with Crippen molar-refractivity contribution in [2.75, 3.05) is 26.4 Å². The molecule has 5 heteroatoms. The first-order valence-corrected chi connectivity index (χ1v) is 7.87. The van der Waals surface area contributed by atoms with Gasteiger partial charge in [0.1, 0.15) is 0 Å². The topological polar surface area (TPSA) is 36.9 Å². The summed E-state index contributed by atoms with van der Waals surface area (Å²) in [6, 6.07) is 0. The molecule has 0 bridgehead atoms. The molecule has 1 aliphatic rings. The van der Waals surface area contributed by atoms with Gasteiger partial charge in [-0.15, -0.1) is 0 Å². The van der Waals surface area contributed by atoms with Crippen LogP contribution in [0.4, 0.5) is 0 Å². The molecule has 1 unspecified atom stereocenters. The third kappa shape index (κ3) is 3.84. The van der Waals surface area contributed by atoms with E-state index in [0.29, 0.717) is 19.1 Å². The minimum absolute atomic E-state index is 0.161. The van der Waals surface area contributed by atoms with Gasteiger partial charge in [0.25, 0.3) is 0 Å². The molecule has 0 N–H and O–H groups in total. The van der Waals surface area contributed by atoms with Gasteiger partial charge in [-0.05, 0) is 20.8 Å². The molecule has 0 aromatic carbocycles. The fraction of sp³-hybridized carbons (Fsp3) is 1.00. The van der Waals surface area contributed by atoms with E-state index in [1.54, 1.807) is 0 Å². The summed E-state index contributed by atoms with van der Waals surface area (Å²) in [5, 5.41) is 0. The molecule has 1 saturated heterocycles. The van der Waals surface area contributed by atoms with Gasteiger partial charge in [-0.25, -0.2) is 0 Å². The predicted octanol–water partition coefficient (Wildman–Crippen LogP) is 1.68. The Morgan fingerprint density at radius 2 is 1.80 bits per heavy atom. The number of rotatable bonds is 7. The summed E-state index contributed by atoms with van der Waals surface area (Å²) in [5.74, 6) is 0.498. The average molecular weight is 234 g/mol. The van der Waals surface area contributed by atoms with Crippen molar-refractivity contribution < 1.29 is 18.0 Å². The van der Waals surface area contributed by atoms with Crippen molar-refractivity contribution in [3.05, 3.63) is 0 Å². The van der Waals surface area contributed by atoms with Crippen LogP contribution >= 0.6 is 0 Å². The van der Waals surface area contributed by atoms with Gasteiger partial charge in [0.05, 0.1) is 19.3 Å². The van der Waals surface area contributed by atoms with Gasteiger partial charge < -0.3 is 18.0 Å². The highest BCUT2D eigenvalue weighted by Gasteiger charge is 2.39. The quantitative estimate of drug-likeness (QED) is 0.628. The van der Waals surface area contributed by atoms with Gasteiger partial charge in [0, 0.05) is 25.7 Å². The van der Waals surface area contributed by atoms with E-state index < -0.39 is 8.80 Å². The highest BCUT2D eigenvalue weighted by Crippen LogP contribution is 2.22. The van der Waals surface area contributed by atoms with Crippen molar-refractivity contribution in [3.63, 3.8) is 0 Å². The molecule has 1 rings (SSSR count). The molecule has 0 spiro atoms. The highest BCUT2D eigenvalue weighted by molar-refractivity contribution is 6.59. The van der Waals surface area contributed by atoms with Crippen LogP contribution in [0.3, 0.4) is 0 Å². The molecule has 0 radical (unpaired) electrons. The number of hydrogen-bond donors (Lipinski definition) is 0. The number of hydrogen-bond acceptors (Lipinski definition) is 4. The van der Waals surface area contributed by atoms with Crippen LogP contribution < -0.4 is 0 Å². The van der Waals surface area contributed by atoms with E-state index in [2.05, 4.69) is 6.92 Å². The maximum Gasteiger partial charge on any atom is 0.497 e. The van der Waals surface area contributed by atoms with Gasteiger partial charge in [-0.1, -0.05) is 0 Å².